The molecule has 22 heavy (non-hydrogen) atoms. The van der Waals surface area contributed by atoms with Crippen LogP contribution in [-0.2, 0) is 7.05 Å². The molecule has 3 aromatic heterocycles. The Hall–Kier alpha value is -2.70. The van der Waals surface area contributed by atoms with E-state index in [0.29, 0.717) is 22.9 Å². The molecule has 7 nitrogen and oxygen atoms in total. The number of hydrogen-bond acceptors (Lipinski definition) is 5. The lowest BCUT2D eigenvalue weighted by atomic mass is 10.3. The van der Waals surface area contributed by atoms with Crippen LogP contribution in [0.5, 0.6) is 0 Å². The van der Waals surface area contributed by atoms with E-state index in [-0.39, 0.29) is 5.56 Å². The van der Waals surface area contributed by atoms with Crippen LogP contribution in [0.2, 0.25) is 0 Å². The summed E-state index contributed by atoms with van der Waals surface area (Å²) in [5.74, 6) is 0.695. The molecule has 0 amide bonds. The van der Waals surface area contributed by atoms with E-state index in [1.165, 1.54) is 0 Å². The van der Waals surface area contributed by atoms with Crippen LogP contribution in [0.25, 0.3) is 10.9 Å². The first-order valence-corrected chi connectivity index (χ1v) is 7.29. The van der Waals surface area contributed by atoms with Gasteiger partial charge in [-0.15, -0.1) is 0 Å². The molecule has 0 aliphatic carbocycles. The minimum atomic E-state index is -0.0371. The number of nitrogens with zero attached hydrogens (tertiary/aromatic N) is 6. The van der Waals surface area contributed by atoms with E-state index in [2.05, 4.69) is 20.0 Å². The highest BCUT2D eigenvalue weighted by atomic mass is 16.1. The molecule has 0 bridgehead atoms. The van der Waals surface area contributed by atoms with Gasteiger partial charge in [0.15, 0.2) is 0 Å². The van der Waals surface area contributed by atoms with Crippen molar-refractivity contribution in [1.29, 1.82) is 0 Å². The number of aromatic nitrogens is 5. The molecule has 4 rings (SSSR count). The second-order valence-corrected chi connectivity index (χ2v) is 5.54. The molecular formula is C15H16N6O. The van der Waals surface area contributed by atoms with Crippen LogP contribution < -0.4 is 10.5 Å². The fourth-order valence-corrected chi connectivity index (χ4v) is 3.03. The fourth-order valence-electron chi connectivity index (χ4n) is 3.03. The van der Waals surface area contributed by atoms with E-state index >= 15 is 0 Å². The van der Waals surface area contributed by atoms with Gasteiger partial charge < -0.3 is 4.90 Å². The van der Waals surface area contributed by atoms with E-state index in [0.717, 1.165) is 19.5 Å². The van der Waals surface area contributed by atoms with Crippen molar-refractivity contribution in [3.63, 3.8) is 0 Å². The molecule has 0 saturated carbocycles. The van der Waals surface area contributed by atoms with Crippen molar-refractivity contribution in [2.75, 3.05) is 18.0 Å². The van der Waals surface area contributed by atoms with Crippen LogP contribution in [0.4, 0.5) is 5.95 Å². The van der Waals surface area contributed by atoms with Crippen molar-refractivity contribution in [3.05, 3.63) is 47.3 Å². The molecule has 1 fully saturated rings. The van der Waals surface area contributed by atoms with Gasteiger partial charge in [-0.3, -0.25) is 19.0 Å². The first-order valence-electron chi connectivity index (χ1n) is 7.29. The third kappa shape index (κ3) is 1.97. The summed E-state index contributed by atoms with van der Waals surface area (Å²) in [5, 5.41) is 4.91. The van der Waals surface area contributed by atoms with Crippen LogP contribution >= 0.6 is 0 Å². The minimum Gasteiger partial charge on any atom is -0.340 e. The van der Waals surface area contributed by atoms with E-state index in [1.807, 2.05) is 16.9 Å². The third-order valence-electron chi connectivity index (χ3n) is 4.20. The Labute approximate surface area is 126 Å². The third-order valence-corrected chi connectivity index (χ3v) is 4.20. The minimum absolute atomic E-state index is 0.0371. The van der Waals surface area contributed by atoms with Gasteiger partial charge in [-0.2, -0.15) is 5.10 Å². The van der Waals surface area contributed by atoms with Crippen molar-refractivity contribution in [2.45, 2.75) is 12.5 Å². The zero-order chi connectivity index (χ0) is 15.1. The average molecular weight is 296 g/mol. The van der Waals surface area contributed by atoms with Gasteiger partial charge in [0.2, 0.25) is 5.95 Å². The van der Waals surface area contributed by atoms with Gasteiger partial charge in [0.1, 0.15) is 0 Å². The monoisotopic (exact) mass is 296 g/mol. The number of pyridine rings is 1. The summed E-state index contributed by atoms with van der Waals surface area (Å²) < 4.78 is 3.59. The second kappa shape index (κ2) is 4.94. The van der Waals surface area contributed by atoms with Crippen molar-refractivity contribution in [2.24, 2.45) is 7.05 Å². The summed E-state index contributed by atoms with van der Waals surface area (Å²) in [6.07, 6.45) is 8.02. The standard InChI is InChI=1S/C15H16N6O/c1-19-14(22)12-3-6-16-9-13(12)18-15(19)20-8-4-11(10-20)21-7-2-5-17-21/h2-3,5-7,9,11H,4,8,10H2,1H3. The number of rotatable bonds is 2. The quantitative estimate of drug-likeness (QED) is 0.705. The molecule has 1 atom stereocenters. The summed E-state index contributed by atoms with van der Waals surface area (Å²) in [7, 11) is 1.77. The van der Waals surface area contributed by atoms with Crippen molar-refractivity contribution in [3.8, 4) is 0 Å². The molecule has 0 spiro atoms. The molecule has 1 aliphatic rings. The van der Waals surface area contributed by atoms with Gasteiger partial charge in [-0.25, -0.2) is 4.98 Å². The molecule has 4 heterocycles. The topological polar surface area (TPSA) is 68.8 Å². The Bertz CT molecular complexity index is 869. The molecule has 1 aliphatic heterocycles. The van der Waals surface area contributed by atoms with Crippen molar-refractivity contribution in [1.82, 2.24) is 24.3 Å². The highest BCUT2D eigenvalue weighted by molar-refractivity contribution is 5.77. The van der Waals surface area contributed by atoms with E-state index in [1.54, 1.807) is 36.3 Å². The van der Waals surface area contributed by atoms with Crippen molar-refractivity contribution < 1.29 is 0 Å². The number of anilines is 1. The first-order chi connectivity index (χ1) is 10.7. The highest BCUT2D eigenvalue weighted by Gasteiger charge is 2.27. The maximum absolute atomic E-state index is 12.5. The SMILES string of the molecule is Cn1c(N2CCC(n3cccn3)C2)nc2cnccc2c1=O. The van der Waals surface area contributed by atoms with Gasteiger partial charge in [0, 0.05) is 38.7 Å². The van der Waals surface area contributed by atoms with Crippen LogP contribution in [0.1, 0.15) is 12.5 Å². The van der Waals surface area contributed by atoms with Crippen LogP contribution in [0, 0.1) is 0 Å². The molecule has 0 radical (unpaired) electrons. The Morgan fingerprint density at radius 1 is 1.32 bits per heavy atom. The van der Waals surface area contributed by atoms with Gasteiger partial charge >= 0.3 is 0 Å². The molecule has 112 valence electrons. The second-order valence-electron chi connectivity index (χ2n) is 5.54. The number of hydrogen-bond donors (Lipinski definition) is 0. The van der Waals surface area contributed by atoms with E-state index in [4.69, 9.17) is 0 Å². The highest BCUT2D eigenvalue weighted by Crippen LogP contribution is 2.25. The molecule has 1 unspecified atom stereocenters. The van der Waals surface area contributed by atoms with Gasteiger partial charge in [0.25, 0.3) is 5.56 Å². The van der Waals surface area contributed by atoms with Crippen LogP contribution in [0.15, 0.2) is 41.7 Å². The summed E-state index contributed by atoms with van der Waals surface area (Å²) in [6, 6.07) is 3.96. The largest absolute Gasteiger partial charge is 0.340 e. The zero-order valence-electron chi connectivity index (χ0n) is 12.3. The molecule has 3 aromatic rings. The summed E-state index contributed by atoms with van der Waals surface area (Å²) in [4.78, 5) is 23.3. The average Bonchev–Trinajstić information content (AvgIpc) is 3.21. The molecule has 7 heteroatoms. The Balaban J connectivity index is 1.73. The van der Waals surface area contributed by atoms with Crippen molar-refractivity contribution >= 4 is 16.9 Å². The zero-order valence-corrected chi connectivity index (χ0v) is 12.3. The lowest BCUT2D eigenvalue weighted by Gasteiger charge is -2.20. The normalized spacial score (nSPS) is 18.2. The summed E-state index contributed by atoms with van der Waals surface area (Å²) >= 11 is 0. The molecular weight excluding hydrogens is 280 g/mol. The maximum Gasteiger partial charge on any atom is 0.262 e. The Morgan fingerprint density at radius 2 is 2.23 bits per heavy atom. The number of fused-ring (bicyclic) bond motifs is 1. The maximum atomic E-state index is 12.5. The van der Waals surface area contributed by atoms with Gasteiger partial charge in [0.05, 0.1) is 23.1 Å². The predicted molar refractivity (Wildman–Crippen MR) is 82.9 cm³/mol. The summed E-state index contributed by atoms with van der Waals surface area (Å²) in [5.41, 5.74) is 0.605. The van der Waals surface area contributed by atoms with Crippen LogP contribution in [0.3, 0.4) is 0 Å². The lowest BCUT2D eigenvalue weighted by molar-refractivity contribution is 0.494. The fraction of sp³-hybridized carbons (Fsp3) is 0.333. The Morgan fingerprint density at radius 3 is 3.05 bits per heavy atom. The molecule has 0 N–H and O–H groups in total. The Kier molecular flexibility index (Phi) is 2.92. The molecule has 0 aromatic carbocycles. The van der Waals surface area contributed by atoms with Gasteiger partial charge in [-0.05, 0) is 18.6 Å². The van der Waals surface area contributed by atoms with E-state index < -0.39 is 0 Å². The predicted octanol–water partition coefficient (Wildman–Crippen LogP) is 0.976. The first kappa shape index (κ1) is 13.0. The van der Waals surface area contributed by atoms with Crippen LogP contribution in [-0.4, -0.2) is 37.4 Å². The molecule has 1 saturated heterocycles. The lowest BCUT2D eigenvalue weighted by Crippen LogP contribution is -2.30. The van der Waals surface area contributed by atoms with E-state index in [9.17, 15) is 4.79 Å². The summed E-state index contributed by atoms with van der Waals surface area (Å²) in [6.45, 7) is 1.66. The smallest absolute Gasteiger partial charge is 0.262 e. The van der Waals surface area contributed by atoms with Gasteiger partial charge in [-0.1, -0.05) is 0 Å².